The molecule has 0 aliphatic rings. The van der Waals surface area contributed by atoms with Crippen molar-refractivity contribution in [1.29, 1.82) is 0 Å². The zero-order valence-electron chi connectivity index (χ0n) is 11.4. The summed E-state index contributed by atoms with van der Waals surface area (Å²) in [5.74, 6) is -0.270. The third-order valence-electron chi connectivity index (χ3n) is 2.78. The van der Waals surface area contributed by atoms with Crippen molar-refractivity contribution in [3.63, 3.8) is 0 Å². The maximum absolute atomic E-state index is 12.2. The fourth-order valence-electron chi connectivity index (χ4n) is 2.02. The van der Waals surface area contributed by atoms with Gasteiger partial charge in [0.2, 0.25) is 5.91 Å². The summed E-state index contributed by atoms with van der Waals surface area (Å²) in [5, 5.41) is 3.00. The lowest BCUT2D eigenvalue weighted by atomic mass is 9.98. The van der Waals surface area contributed by atoms with Crippen LogP contribution in [-0.2, 0) is 4.79 Å². The lowest BCUT2D eigenvalue weighted by Gasteiger charge is -2.21. The Morgan fingerprint density at radius 2 is 1.94 bits per heavy atom. The van der Waals surface area contributed by atoms with Crippen LogP contribution in [0.1, 0.15) is 18.4 Å². The summed E-state index contributed by atoms with van der Waals surface area (Å²) >= 11 is 0. The molecule has 3 N–H and O–H groups in total. The predicted octanol–water partition coefficient (Wildman–Crippen LogP) is 0.795. The van der Waals surface area contributed by atoms with Gasteiger partial charge in [0, 0.05) is 19.1 Å². The van der Waals surface area contributed by atoms with E-state index in [9.17, 15) is 4.79 Å². The number of nitrogens with zero attached hydrogens (tertiary/aromatic N) is 1. The lowest BCUT2D eigenvalue weighted by Crippen LogP contribution is -2.43. The van der Waals surface area contributed by atoms with Gasteiger partial charge in [0.15, 0.2) is 0 Å². The molecule has 1 aromatic carbocycles. The van der Waals surface area contributed by atoms with Crippen molar-refractivity contribution in [2.24, 2.45) is 5.73 Å². The first-order valence-electron chi connectivity index (χ1n) is 6.24. The standard InChI is InChI=1S/C14H23N3O/c1-11(10-17(2)3)16-14(18)13(9-15)12-7-5-4-6-8-12/h4-8,11,13H,9-10,15H2,1-3H3,(H,16,18). The van der Waals surface area contributed by atoms with Gasteiger partial charge in [-0.2, -0.15) is 0 Å². The fourth-order valence-corrected chi connectivity index (χ4v) is 2.02. The van der Waals surface area contributed by atoms with Gasteiger partial charge in [-0.05, 0) is 26.6 Å². The molecule has 4 heteroatoms. The largest absolute Gasteiger partial charge is 0.352 e. The van der Waals surface area contributed by atoms with Gasteiger partial charge < -0.3 is 16.0 Å². The zero-order valence-corrected chi connectivity index (χ0v) is 11.4. The molecule has 4 nitrogen and oxygen atoms in total. The van der Waals surface area contributed by atoms with E-state index in [1.165, 1.54) is 0 Å². The van der Waals surface area contributed by atoms with Crippen LogP contribution in [0.3, 0.4) is 0 Å². The monoisotopic (exact) mass is 249 g/mol. The van der Waals surface area contributed by atoms with Crippen molar-refractivity contribution in [1.82, 2.24) is 10.2 Å². The molecule has 0 aliphatic carbocycles. The van der Waals surface area contributed by atoms with Gasteiger partial charge in [0.1, 0.15) is 0 Å². The van der Waals surface area contributed by atoms with Crippen molar-refractivity contribution in [2.45, 2.75) is 18.9 Å². The number of carbonyl (C=O) groups excluding carboxylic acids is 1. The maximum atomic E-state index is 12.2. The number of likely N-dealkylation sites (N-methyl/N-ethyl adjacent to an activating group) is 1. The lowest BCUT2D eigenvalue weighted by molar-refractivity contribution is -0.123. The smallest absolute Gasteiger partial charge is 0.229 e. The molecule has 18 heavy (non-hydrogen) atoms. The molecule has 1 aromatic rings. The first-order chi connectivity index (χ1) is 8.54. The first kappa shape index (κ1) is 14.7. The average molecular weight is 249 g/mol. The summed E-state index contributed by atoms with van der Waals surface area (Å²) in [6, 6.07) is 9.78. The molecule has 0 saturated heterocycles. The molecular formula is C14H23N3O. The van der Waals surface area contributed by atoms with Gasteiger partial charge in [0.05, 0.1) is 5.92 Å². The number of carbonyl (C=O) groups is 1. The number of benzene rings is 1. The van der Waals surface area contributed by atoms with E-state index in [0.29, 0.717) is 6.54 Å². The number of amides is 1. The molecule has 0 aliphatic heterocycles. The second-order valence-corrected chi connectivity index (χ2v) is 4.87. The Morgan fingerprint density at radius 1 is 1.33 bits per heavy atom. The van der Waals surface area contributed by atoms with Crippen LogP contribution in [0, 0.1) is 0 Å². The van der Waals surface area contributed by atoms with Crippen LogP contribution < -0.4 is 11.1 Å². The molecule has 2 atom stereocenters. The molecule has 0 spiro atoms. The van der Waals surface area contributed by atoms with Crippen LogP contribution in [-0.4, -0.2) is 44.0 Å². The van der Waals surface area contributed by atoms with Gasteiger partial charge in [-0.15, -0.1) is 0 Å². The third kappa shape index (κ3) is 4.47. The summed E-state index contributed by atoms with van der Waals surface area (Å²) < 4.78 is 0. The second-order valence-electron chi connectivity index (χ2n) is 4.87. The Kier molecular flexibility index (Phi) is 5.82. The molecule has 0 heterocycles. The van der Waals surface area contributed by atoms with E-state index in [1.807, 2.05) is 56.3 Å². The van der Waals surface area contributed by atoms with Crippen molar-refractivity contribution < 1.29 is 4.79 Å². The van der Waals surface area contributed by atoms with Crippen LogP contribution >= 0.6 is 0 Å². The van der Waals surface area contributed by atoms with E-state index >= 15 is 0 Å². The van der Waals surface area contributed by atoms with Crippen molar-refractivity contribution in [3.05, 3.63) is 35.9 Å². The summed E-state index contributed by atoms with van der Waals surface area (Å²) in [4.78, 5) is 14.2. The number of hydrogen-bond donors (Lipinski definition) is 2. The molecular weight excluding hydrogens is 226 g/mol. The first-order valence-corrected chi connectivity index (χ1v) is 6.24. The summed E-state index contributed by atoms with van der Waals surface area (Å²) in [6.07, 6.45) is 0. The van der Waals surface area contributed by atoms with E-state index in [4.69, 9.17) is 5.73 Å². The summed E-state index contributed by atoms with van der Waals surface area (Å²) in [6.45, 7) is 3.14. The van der Waals surface area contributed by atoms with Gasteiger partial charge in [-0.1, -0.05) is 30.3 Å². The minimum Gasteiger partial charge on any atom is -0.352 e. The van der Waals surface area contributed by atoms with E-state index in [0.717, 1.165) is 12.1 Å². The Balaban J connectivity index is 2.63. The fraction of sp³-hybridized carbons (Fsp3) is 0.500. The molecule has 1 amide bonds. The van der Waals surface area contributed by atoms with E-state index in [2.05, 4.69) is 5.32 Å². The zero-order chi connectivity index (χ0) is 13.5. The Morgan fingerprint density at radius 3 is 2.44 bits per heavy atom. The van der Waals surface area contributed by atoms with Crippen LogP contribution in [0.25, 0.3) is 0 Å². The quantitative estimate of drug-likeness (QED) is 0.784. The van der Waals surface area contributed by atoms with Gasteiger partial charge in [-0.3, -0.25) is 4.79 Å². The number of rotatable bonds is 6. The van der Waals surface area contributed by atoms with Crippen molar-refractivity contribution in [2.75, 3.05) is 27.2 Å². The maximum Gasteiger partial charge on any atom is 0.229 e. The number of nitrogens with two attached hydrogens (primary N) is 1. The highest BCUT2D eigenvalue weighted by atomic mass is 16.2. The third-order valence-corrected chi connectivity index (χ3v) is 2.78. The molecule has 0 bridgehead atoms. The highest BCUT2D eigenvalue weighted by molar-refractivity contribution is 5.84. The van der Waals surface area contributed by atoms with Gasteiger partial charge in [0.25, 0.3) is 0 Å². The molecule has 0 saturated carbocycles. The molecule has 2 unspecified atom stereocenters. The Labute approximate surface area is 109 Å². The van der Waals surface area contributed by atoms with Crippen LogP contribution in [0.5, 0.6) is 0 Å². The Hall–Kier alpha value is -1.39. The van der Waals surface area contributed by atoms with E-state index in [1.54, 1.807) is 0 Å². The van der Waals surface area contributed by atoms with Crippen molar-refractivity contribution >= 4 is 5.91 Å². The minimum absolute atomic E-state index is 0.00181. The van der Waals surface area contributed by atoms with E-state index in [-0.39, 0.29) is 17.9 Å². The van der Waals surface area contributed by atoms with Crippen molar-refractivity contribution in [3.8, 4) is 0 Å². The highest BCUT2D eigenvalue weighted by Crippen LogP contribution is 2.14. The molecule has 1 rings (SSSR count). The predicted molar refractivity (Wildman–Crippen MR) is 74.4 cm³/mol. The molecule has 0 radical (unpaired) electrons. The minimum atomic E-state index is -0.268. The molecule has 0 fully saturated rings. The normalized spacial score (nSPS) is 14.3. The molecule has 0 aromatic heterocycles. The molecule has 100 valence electrons. The van der Waals surface area contributed by atoms with Crippen LogP contribution in [0.15, 0.2) is 30.3 Å². The summed E-state index contributed by atoms with van der Waals surface area (Å²) in [7, 11) is 3.97. The topological polar surface area (TPSA) is 58.4 Å². The highest BCUT2D eigenvalue weighted by Gasteiger charge is 2.20. The van der Waals surface area contributed by atoms with Crippen LogP contribution in [0.4, 0.5) is 0 Å². The summed E-state index contributed by atoms with van der Waals surface area (Å²) in [5.41, 5.74) is 6.68. The Bertz CT molecular complexity index is 365. The second kappa shape index (κ2) is 7.13. The van der Waals surface area contributed by atoms with Crippen LogP contribution in [0.2, 0.25) is 0 Å². The number of hydrogen-bond acceptors (Lipinski definition) is 3. The average Bonchev–Trinajstić information content (AvgIpc) is 2.29. The SMILES string of the molecule is CC(CN(C)C)NC(=O)C(CN)c1ccccc1. The van der Waals surface area contributed by atoms with Gasteiger partial charge in [-0.25, -0.2) is 0 Å². The van der Waals surface area contributed by atoms with E-state index < -0.39 is 0 Å². The number of nitrogens with one attached hydrogen (secondary N) is 1. The van der Waals surface area contributed by atoms with Gasteiger partial charge >= 0.3 is 0 Å².